The zero-order chi connectivity index (χ0) is 24.9. The fourth-order valence-corrected chi connectivity index (χ4v) is 3.39. The summed E-state index contributed by atoms with van der Waals surface area (Å²) in [6.07, 6.45) is 13.3. The molecule has 0 N–H and O–H groups in total. The van der Waals surface area contributed by atoms with E-state index in [0.717, 1.165) is 24.8 Å². The molecule has 1 aromatic carbocycles. The zero-order valence-corrected chi connectivity index (χ0v) is 19.7. The Balaban J connectivity index is 0.000000320. The first-order chi connectivity index (χ1) is 17.1. The Morgan fingerprint density at radius 2 is 1.60 bits per heavy atom. The molecule has 35 heavy (non-hydrogen) atoms. The van der Waals surface area contributed by atoms with E-state index in [1.807, 2.05) is 6.07 Å². The van der Waals surface area contributed by atoms with Crippen LogP contribution in [0.4, 0.5) is 13.6 Å². The highest BCUT2D eigenvalue weighted by Crippen LogP contribution is 2.29. The van der Waals surface area contributed by atoms with Crippen LogP contribution in [0.15, 0.2) is 49.1 Å². The largest absolute Gasteiger partial charge is 0.513 e. The second-order valence-electron chi connectivity index (χ2n) is 7.80. The number of hydrogen-bond acceptors (Lipinski definition) is 7. The third kappa shape index (κ3) is 8.06. The number of rotatable bonds is 4. The molecule has 1 fully saturated rings. The van der Waals surface area contributed by atoms with E-state index in [-0.39, 0.29) is 18.0 Å². The number of nitrogens with zero attached hydrogens (tertiary/aromatic N) is 3. The third-order valence-corrected chi connectivity index (χ3v) is 5.22. The Hall–Kier alpha value is -3.46. The minimum absolute atomic E-state index is 0.00303. The first kappa shape index (κ1) is 26.2. The second-order valence-corrected chi connectivity index (χ2v) is 7.80. The van der Waals surface area contributed by atoms with Crippen LogP contribution in [-0.2, 0) is 9.47 Å². The average Bonchev–Trinajstić information content (AvgIpc) is 3.05. The lowest BCUT2D eigenvalue weighted by atomic mass is 10.1. The monoisotopic (exact) mass is 485 g/mol. The first-order valence-corrected chi connectivity index (χ1v) is 11.7. The Bertz CT molecular complexity index is 1040. The Labute approximate surface area is 203 Å². The van der Waals surface area contributed by atoms with E-state index < -0.39 is 23.5 Å². The van der Waals surface area contributed by atoms with Crippen molar-refractivity contribution in [3.8, 4) is 28.3 Å². The van der Waals surface area contributed by atoms with Gasteiger partial charge in [0, 0.05) is 49.1 Å². The molecule has 186 valence electrons. The topological polar surface area (TPSA) is 83.4 Å². The van der Waals surface area contributed by atoms with Crippen molar-refractivity contribution in [2.75, 3.05) is 19.8 Å². The summed E-state index contributed by atoms with van der Waals surface area (Å²) >= 11 is 0. The van der Waals surface area contributed by atoms with Gasteiger partial charge in [-0.2, -0.15) is 4.39 Å². The quantitative estimate of drug-likeness (QED) is 0.313. The highest BCUT2D eigenvalue weighted by molar-refractivity contribution is 5.66. The molecule has 0 atom stereocenters. The van der Waals surface area contributed by atoms with E-state index >= 15 is 0 Å². The second kappa shape index (κ2) is 14.1. The summed E-state index contributed by atoms with van der Waals surface area (Å²) < 4.78 is 42.9. The molecule has 0 unspecified atom stereocenters. The SMILES string of the molecule is C1CCCCOCCC1.CCOC(=O)Oc1ccc(-c2ncc(-c3cccnc3)cn2)c(F)c1F. The highest BCUT2D eigenvalue weighted by Gasteiger charge is 2.20. The summed E-state index contributed by atoms with van der Waals surface area (Å²) in [6, 6.07) is 5.93. The molecule has 9 heteroatoms. The van der Waals surface area contributed by atoms with E-state index in [2.05, 4.69) is 24.4 Å². The van der Waals surface area contributed by atoms with Crippen LogP contribution in [0, 0.1) is 11.6 Å². The van der Waals surface area contributed by atoms with Crippen molar-refractivity contribution in [3.63, 3.8) is 0 Å². The first-order valence-electron chi connectivity index (χ1n) is 11.7. The normalized spacial score (nSPS) is 13.9. The minimum Gasteiger partial charge on any atom is -0.434 e. The van der Waals surface area contributed by atoms with Crippen molar-refractivity contribution in [1.82, 2.24) is 15.0 Å². The van der Waals surface area contributed by atoms with E-state index in [9.17, 15) is 13.6 Å². The Morgan fingerprint density at radius 3 is 2.23 bits per heavy atom. The number of aromatic nitrogens is 3. The molecule has 0 aliphatic carbocycles. The van der Waals surface area contributed by atoms with E-state index in [1.54, 1.807) is 25.4 Å². The number of benzene rings is 1. The summed E-state index contributed by atoms with van der Waals surface area (Å²) in [7, 11) is 0. The molecule has 3 aromatic rings. The van der Waals surface area contributed by atoms with Crippen LogP contribution in [-0.4, -0.2) is 40.9 Å². The van der Waals surface area contributed by atoms with Gasteiger partial charge in [-0.3, -0.25) is 4.98 Å². The van der Waals surface area contributed by atoms with Crippen LogP contribution in [0.3, 0.4) is 0 Å². The van der Waals surface area contributed by atoms with Crippen molar-refractivity contribution in [2.45, 2.75) is 45.4 Å². The maximum Gasteiger partial charge on any atom is 0.513 e. The Kier molecular flexibility index (Phi) is 10.5. The molecule has 7 nitrogen and oxygen atoms in total. The molecule has 0 saturated carbocycles. The van der Waals surface area contributed by atoms with Gasteiger partial charge in [-0.05, 0) is 38.0 Å². The van der Waals surface area contributed by atoms with E-state index in [4.69, 9.17) is 4.74 Å². The molecule has 1 aliphatic heterocycles. The highest BCUT2D eigenvalue weighted by atomic mass is 19.2. The molecule has 0 spiro atoms. The predicted octanol–water partition coefficient (Wildman–Crippen LogP) is 6.38. The number of ether oxygens (including phenoxy) is 3. The molecule has 1 aliphatic rings. The predicted molar refractivity (Wildman–Crippen MR) is 127 cm³/mol. The summed E-state index contributed by atoms with van der Waals surface area (Å²) in [4.78, 5) is 23.4. The van der Waals surface area contributed by atoms with Gasteiger partial charge >= 0.3 is 6.16 Å². The summed E-state index contributed by atoms with van der Waals surface area (Å²) in [5.74, 6) is -3.12. The molecule has 3 heterocycles. The van der Waals surface area contributed by atoms with Crippen molar-refractivity contribution >= 4 is 6.16 Å². The Morgan fingerprint density at radius 1 is 0.914 bits per heavy atom. The summed E-state index contributed by atoms with van der Waals surface area (Å²) in [6.45, 7) is 3.62. The maximum absolute atomic E-state index is 14.3. The van der Waals surface area contributed by atoms with Gasteiger partial charge in [0.2, 0.25) is 5.82 Å². The number of carbonyl (C=O) groups excluding carboxylic acids is 1. The van der Waals surface area contributed by atoms with Crippen molar-refractivity contribution in [2.24, 2.45) is 0 Å². The van der Waals surface area contributed by atoms with Gasteiger partial charge in [-0.25, -0.2) is 19.2 Å². The lowest BCUT2D eigenvalue weighted by molar-refractivity contribution is 0.102. The lowest BCUT2D eigenvalue weighted by Gasteiger charge is -2.08. The number of carbonyl (C=O) groups is 1. The van der Waals surface area contributed by atoms with Crippen molar-refractivity contribution in [1.29, 1.82) is 0 Å². The van der Waals surface area contributed by atoms with E-state index in [0.29, 0.717) is 5.56 Å². The molecule has 2 aromatic heterocycles. The standard InChI is InChI=1S/C18H13F2N3O3.C8H16O/c1-2-25-18(24)26-14-6-5-13(15(19)16(14)20)17-22-9-12(10-23-17)11-4-3-7-21-8-11;1-2-4-6-8-9-7-5-3-1/h3-10H,2H2,1H3;1-8H2. The fraction of sp³-hybridized carbons (Fsp3) is 0.385. The molecular weight excluding hydrogens is 456 g/mol. The van der Waals surface area contributed by atoms with Crippen molar-refractivity contribution < 1.29 is 27.8 Å². The van der Waals surface area contributed by atoms with Crippen LogP contribution in [0.25, 0.3) is 22.5 Å². The average molecular weight is 486 g/mol. The smallest absolute Gasteiger partial charge is 0.434 e. The summed E-state index contributed by atoms with van der Waals surface area (Å²) in [5, 5.41) is 0. The lowest BCUT2D eigenvalue weighted by Crippen LogP contribution is -2.11. The molecule has 0 radical (unpaired) electrons. The zero-order valence-electron chi connectivity index (χ0n) is 19.7. The van der Waals surface area contributed by atoms with Crippen LogP contribution in [0.5, 0.6) is 5.75 Å². The molecule has 0 bridgehead atoms. The molecule has 1 saturated heterocycles. The van der Waals surface area contributed by atoms with Crippen LogP contribution in [0.2, 0.25) is 0 Å². The third-order valence-electron chi connectivity index (χ3n) is 5.22. The van der Waals surface area contributed by atoms with Gasteiger partial charge in [0.15, 0.2) is 17.4 Å². The number of halogens is 2. The van der Waals surface area contributed by atoms with Crippen molar-refractivity contribution in [3.05, 3.63) is 60.7 Å². The summed E-state index contributed by atoms with van der Waals surface area (Å²) in [5.41, 5.74) is 1.32. The molecular formula is C26H29F2N3O4. The van der Waals surface area contributed by atoms with Gasteiger partial charge in [-0.1, -0.05) is 31.7 Å². The maximum atomic E-state index is 14.3. The van der Waals surface area contributed by atoms with Gasteiger partial charge in [0.05, 0.1) is 12.2 Å². The fourth-order valence-electron chi connectivity index (χ4n) is 3.39. The van der Waals surface area contributed by atoms with Gasteiger partial charge in [0.25, 0.3) is 0 Å². The molecule has 4 rings (SSSR count). The van der Waals surface area contributed by atoms with Crippen LogP contribution >= 0.6 is 0 Å². The van der Waals surface area contributed by atoms with Crippen LogP contribution < -0.4 is 4.74 Å². The van der Waals surface area contributed by atoms with Gasteiger partial charge in [0.1, 0.15) is 0 Å². The molecule has 0 amide bonds. The number of hydrogen-bond donors (Lipinski definition) is 0. The van der Waals surface area contributed by atoms with Gasteiger partial charge in [-0.15, -0.1) is 0 Å². The number of pyridine rings is 1. The minimum atomic E-state index is -1.32. The van der Waals surface area contributed by atoms with E-state index in [1.165, 1.54) is 57.0 Å². The van der Waals surface area contributed by atoms with Gasteiger partial charge < -0.3 is 14.2 Å². The van der Waals surface area contributed by atoms with Crippen LogP contribution in [0.1, 0.15) is 45.4 Å².